The van der Waals surface area contributed by atoms with Crippen molar-refractivity contribution >= 4 is 18.0 Å². The van der Waals surface area contributed by atoms with Crippen molar-refractivity contribution in [3.05, 3.63) is 41.5 Å². The molecule has 0 aliphatic rings. The topological polar surface area (TPSA) is 58.6 Å². The maximum absolute atomic E-state index is 11.8. The summed E-state index contributed by atoms with van der Waals surface area (Å²) in [5.74, 6) is -0.508. The van der Waals surface area contributed by atoms with E-state index < -0.39 is 5.97 Å². The Bertz CT molecular complexity index is 478. The molecule has 5 nitrogen and oxygen atoms in total. The predicted molar refractivity (Wildman–Crippen MR) is 78.4 cm³/mol. The first-order valence-electron chi connectivity index (χ1n) is 6.32. The molecule has 0 aliphatic heterocycles. The van der Waals surface area contributed by atoms with Gasteiger partial charge >= 0.3 is 5.97 Å². The number of nitrogens with one attached hydrogen (secondary N) is 1. The molecule has 1 rings (SSSR count). The van der Waals surface area contributed by atoms with Crippen LogP contribution in [0.2, 0.25) is 0 Å². The molecular formula is C15H20N2O3. The molecule has 1 aromatic carbocycles. The van der Waals surface area contributed by atoms with Crippen LogP contribution in [0.15, 0.2) is 30.3 Å². The number of likely N-dealkylation sites (N-methyl/N-ethyl adjacent to an activating group) is 1. The van der Waals surface area contributed by atoms with E-state index in [9.17, 15) is 9.59 Å². The number of methoxy groups -OCH3 is 1. The SMILES string of the molecule is COC(=O)/C=C/c1ccc(C(=O)NCCN(C)C)cc1. The van der Waals surface area contributed by atoms with Crippen molar-refractivity contribution in [2.45, 2.75) is 0 Å². The van der Waals surface area contributed by atoms with Gasteiger partial charge in [-0.3, -0.25) is 4.79 Å². The van der Waals surface area contributed by atoms with Crippen LogP contribution in [0, 0.1) is 0 Å². The largest absolute Gasteiger partial charge is 0.466 e. The summed E-state index contributed by atoms with van der Waals surface area (Å²) in [4.78, 5) is 24.8. The molecule has 1 aromatic rings. The number of ether oxygens (including phenoxy) is 1. The zero-order valence-corrected chi connectivity index (χ0v) is 12.1. The van der Waals surface area contributed by atoms with Crippen molar-refractivity contribution in [3.8, 4) is 0 Å². The highest BCUT2D eigenvalue weighted by Crippen LogP contribution is 2.06. The van der Waals surface area contributed by atoms with E-state index in [0.717, 1.165) is 12.1 Å². The molecule has 20 heavy (non-hydrogen) atoms. The van der Waals surface area contributed by atoms with Crippen LogP contribution < -0.4 is 5.32 Å². The van der Waals surface area contributed by atoms with Crippen LogP contribution in [-0.4, -0.2) is 51.1 Å². The van der Waals surface area contributed by atoms with Gasteiger partial charge in [0.25, 0.3) is 5.91 Å². The van der Waals surface area contributed by atoms with Gasteiger partial charge in [-0.2, -0.15) is 0 Å². The third-order valence-corrected chi connectivity index (χ3v) is 2.63. The van der Waals surface area contributed by atoms with Gasteiger partial charge in [0, 0.05) is 24.7 Å². The summed E-state index contributed by atoms with van der Waals surface area (Å²) in [6, 6.07) is 7.00. The van der Waals surface area contributed by atoms with Crippen molar-refractivity contribution in [1.82, 2.24) is 10.2 Å². The fraction of sp³-hybridized carbons (Fsp3) is 0.333. The Hall–Kier alpha value is -2.14. The number of benzene rings is 1. The molecule has 0 aliphatic carbocycles. The van der Waals surface area contributed by atoms with Gasteiger partial charge in [0.2, 0.25) is 0 Å². The van der Waals surface area contributed by atoms with Gasteiger partial charge in [-0.15, -0.1) is 0 Å². The smallest absolute Gasteiger partial charge is 0.330 e. The average molecular weight is 276 g/mol. The third-order valence-electron chi connectivity index (χ3n) is 2.63. The highest BCUT2D eigenvalue weighted by Gasteiger charge is 2.04. The monoisotopic (exact) mass is 276 g/mol. The standard InChI is InChI=1S/C15H20N2O3/c1-17(2)11-10-16-15(19)13-7-4-12(5-8-13)6-9-14(18)20-3/h4-9H,10-11H2,1-3H3,(H,16,19)/b9-6+. The number of hydrogen-bond acceptors (Lipinski definition) is 4. The van der Waals surface area contributed by atoms with Crippen LogP contribution in [0.1, 0.15) is 15.9 Å². The third kappa shape index (κ3) is 5.67. The summed E-state index contributed by atoms with van der Waals surface area (Å²) in [6.45, 7) is 1.40. The zero-order valence-electron chi connectivity index (χ0n) is 12.1. The van der Waals surface area contributed by atoms with Gasteiger partial charge in [0.05, 0.1) is 7.11 Å². The predicted octanol–water partition coefficient (Wildman–Crippen LogP) is 1.16. The number of rotatable bonds is 6. The Balaban J connectivity index is 2.55. The van der Waals surface area contributed by atoms with Gasteiger partial charge in [-0.25, -0.2) is 4.79 Å². The van der Waals surface area contributed by atoms with E-state index in [4.69, 9.17) is 0 Å². The number of carbonyl (C=O) groups excluding carboxylic acids is 2. The minimum Gasteiger partial charge on any atom is -0.466 e. The molecule has 0 unspecified atom stereocenters. The number of carbonyl (C=O) groups is 2. The van der Waals surface area contributed by atoms with E-state index in [-0.39, 0.29) is 5.91 Å². The minimum absolute atomic E-state index is 0.102. The van der Waals surface area contributed by atoms with Gasteiger partial charge in [-0.1, -0.05) is 12.1 Å². The van der Waals surface area contributed by atoms with Crippen molar-refractivity contribution < 1.29 is 14.3 Å². The molecule has 5 heteroatoms. The molecule has 0 spiro atoms. The average Bonchev–Trinajstić information content (AvgIpc) is 2.44. The Labute approximate surface area is 119 Å². The summed E-state index contributed by atoms with van der Waals surface area (Å²) in [5, 5.41) is 2.84. The zero-order chi connectivity index (χ0) is 15.0. The first-order valence-corrected chi connectivity index (χ1v) is 6.32. The minimum atomic E-state index is -0.407. The van der Waals surface area contributed by atoms with Crippen LogP contribution in [0.4, 0.5) is 0 Å². The molecule has 0 heterocycles. The quantitative estimate of drug-likeness (QED) is 0.626. The first kappa shape index (κ1) is 15.9. The van der Waals surface area contributed by atoms with E-state index in [2.05, 4.69) is 10.1 Å². The van der Waals surface area contributed by atoms with Gasteiger partial charge in [-0.05, 0) is 37.9 Å². The summed E-state index contributed by atoms with van der Waals surface area (Å²) < 4.78 is 4.50. The van der Waals surface area contributed by atoms with Crippen LogP contribution in [0.5, 0.6) is 0 Å². The molecule has 0 radical (unpaired) electrons. The van der Waals surface area contributed by atoms with E-state index in [1.54, 1.807) is 30.3 Å². The lowest BCUT2D eigenvalue weighted by atomic mass is 10.1. The van der Waals surface area contributed by atoms with Gasteiger partial charge in [0.1, 0.15) is 0 Å². The summed E-state index contributed by atoms with van der Waals surface area (Å²) >= 11 is 0. The number of nitrogens with zero attached hydrogens (tertiary/aromatic N) is 1. The van der Waals surface area contributed by atoms with Crippen LogP contribution in [0.25, 0.3) is 6.08 Å². The van der Waals surface area contributed by atoms with Gasteiger partial charge in [0.15, 0.2) is 0 Å². The lowest BCUT2D eigenvalue weighted by Gasteiger charge is -2.10. The molecular weight excluding hydrogens is 256 g/mol. The Morgan fingerprint density at radius 2 is 1.90 bits per heavy atom. The summed E-state index contributed by atoms with van der Waals surface area (Å²) in [7, 11) is 5.23. The van der Waals surface area contributed by atoms with E-state index in [1.165, 1.54) is 13.2 Å². The highest BCUT2D eigenvalue weighted by molar-refractivity contribution is 5.94. The summed E-state index contributed by atoms with van der Waals surface area (Å²) in [6.07, 6.45) is 2.98. The Morgan fingerprint density at radius 1 is 1.25 bits per heavy atom. The second kappa shape index (κ2) is 8.12. The molecule has 1 N–H and O–H groups in total. The Morgan fingerprint density at radius 3 is 2.45 bits per heavy atom. The van der Waals surface area contributed by atoms with Crippen molar-refractivity contribution in [2.24, 2.45) is 0 Å². The Kier molecular flexibility index (Phi) is 6.46. The molecule has 0 atom stereocenters. The number of esters is 1. The molecule has 0 saturated heterocycles. The maximum Gasteiger partial charge on any atom is 0.330 e. The molecule has 108 valence electrons. The molecule has 0 bridgehead atoms. The fourth-order valence-electron chi connectivity index (χ4n) is 1.47. The fourth-order valence-corrected chi connectivity index (χ4v) is 1.47. The highest BCUT2D eigenvalue weighted by atomic mass is 16.5. The molecule has 1 amide bonds. The van der Waals surface area contributed by atoms with Crippen LogP contribution in [-0.2, 0) is 9.53 Å². The molecule has 0 aromatic heterocycles. The van der Waals surface area contributed by atoms with Gasteiger partial charge < -0.3 is 15.0 Å². The second-order valence-corrected chi connectivity index (χ2v) is 4.54. The van der Waals surface area contributed by atoms with E-state index in [0.29, 0.717) is 12.1 Å². The van der Waals surface area contributed by atoms with Crippen molar-refractivity contribution in [1.29, 1.82) is 0 Å². The number of hydrogen-bond donors (Lipinski definition) is 1. The molecule has 0 saturated carbocycles. The normalized spacial score (nSPS) is 10.8. The molecule has 0 fully saturated rings. The van der Waals surface area contributed by atoms with Crippen molar-refractivity contribution in [3.63, 3.8) is 0 Å². The lowest BCUT2D eigenvalue weighted by molar-refractivity contribution is -0.134. The summed E-state index contributed by atoms with van der Waals surface area (Å²) in [5.41, 5.74) is 1.43. The maximum atomic E-state index is 11.8. The van der Waals surface area contributed by atoms with E-state index >= 15 is 0 Å². The van der Waals surface area contributed by atoms with Crippen molar-refractivity contribution in [2.75, 3.05) is 34.3 Å². The second-order valence-electron chi connectivity index (χ2n) is 4.54. The number of amides is 1. The lowest BCUT2D eigenvalue weighted by Crippen LogP contribution is -2.31. The van der Waals surface area contributed by atoms with E-state index in [1.807, 2.05) is 19.0 Å². The van der Waals surface area contributed by atoms with Crippen LogP contribution in [0.3, 0.4) is 0 Å². The van der Waals surface area contributed by atoms with Crippen LogP contribution >= 0.6 is 0 Å². The first-order chi connectivity index (χ1) is 9.52.